The van der Waals surface area contributed by atoms with E-state index in [1.165, 1.54) is 0 Å². The van der Waals surface area contributed by atoms with Gasteiger partial charge in [0.15, 0.2) is 0 Å². The molecule has 0 saturated heterocycles. The quantitative estimate of drug-likeness (QED) is 0.253. The molecule has 6 heteroatoms. The number of amidine groups is 1. The summed E-state index contributed by atoms with van der Waals surface area (Å²) in [5.41, 5.74) is 7.01. The van der Waals surface area contributed by atoms with Gasteiger partial charge >= 0.3 is 0 Å². The van der Waals surface area contributed by atoms with Crippen molar-refractivity contribution in [3.63, 3.8) is 0 Å². The van der Waals surface area contributed by atoms with Crippen LogP contribution in [0.3, 0.4) is 0 Å². The molecule has 0 bridgehead atoms. The van der Waals surface area contributed by atoms with E-state index in [2.05, 4.69) is 33.1 Å². The monoisotopic (exact) mass is 347 g/mol. The summed E-state index contributed by atoms with van der Waals surface area (Å²) in [6, 6.07) is 5.57. The number of oxime groups is 1. The smallest absolute Gasteiger partial charge is 0.252 e. The fourth-order valence-corrected chi connectivity index (χ4v) is 1.88. The Balaban J connectivity index is 2.62. The molecule has 0 fully saturated rings. The number of hydrogen-bond donors (Lipinski definition) is 3. The van der Waals surface area contributed by atoms with Crippen LogP contribution in [0, 0.1) is 10.5 Å². The van der Waals surface area contributed by atoms with E-state index in [4.69, 9.17) is 10.9 Å². The van der Waals surface area contributed by atoms with Crippen molar-refractivity contribution in [1.82, 2.24) is 5.32 Å². The van der Waals surface area contributed by atoms with Crippen LogP contribution in [0.25, 0.3) is 0 Å². The van der Waals surface area contributed by atoms with Gasteiger partial charge in [-0.05, 0) is 41.1 Å². The molecular formula is C11H14IN3O2. The third kappa shape index (κ3) is 3.88. The van der Waals surface area contributed by atoms with Gasteiger partial charge in [-0.25, -0.2) is 0 Å². The van der Waals surface area contributed by atoms with Crippen LogP contribution in [0.2, 0.25) is 0 Å². The van der Waals surface area contributed by atoms with E-state index >= 15 is 0 Å². The number of hydrogen-bond acceptors (Lipinski definition) is 3. The molecule has 0 radical (unpaired) electrons. The number of rotatable bonds is 4. The molecule has 1 rings (SSSR count). The van der Waals surface area contributed by atoms with Crippen LogP contribution < -0.4 is 11.1 Å². The summed E-state index contributed by atoms with van der Waals surface area (Å²) in [4.78, 5) is 11.8. The predicted octanol–water partition coefficient (Wildman–Crippen LogP) is 1.47. The molecule has 0 unspecified atom stereocenters. The zero-order valence-corrected chi connectivity index (χ0v) is 11.6. The van der Waals surface area contributed by atoms with Crippen LogP contribution in [0.15, 0.2) is 23.4 Å². The number of nitrogens with two attached hydrogens (primary N) is 1. The van der Waals surface area contributed by atoms with Gasteiger partial charge in [0.25, 0.3) is 5.91 Å². The molecule has 4 N–H and O–H groups in total. The Bertz CT molecular complexity index is 446. The molecule has 0 aliphatic carbocycles. The van der Waals surface area contributed by atoms with Gasteiger partial charge in [0.2, 0.25) is 0 Å². The number of halogens is 1. The van der Waals surface area contributed by atoms with Crippen LogP contribution in [0.5, 0.6) is 0 Å². The van der Waals surface area contributed by atoms with E-state index in [9.17, 15) is 4.79 Å². The van der Waals surface area contributed by atoms with Crippen LogP contribution >= 0.6 is 22.6 Å². The number of nitrogens with zero attached hydrogens (tertiary/aromatic N) is 1. The second kappa shape index (κ2) is 6.43. The van der Waals surface area contributed by atoms with Gasteiger partial charge in [-0.1, -0.05) is 17.3 Å². The number of carbonyl (C=O) groups excluding carboxylic acids is 1. The fourth-order valence-electron chi connectivity index (χ4n) is 1.27. The van der Waals surface area contributed by atoms with E-state index in [0.29, 0.717) is 18.5 Å². The average Bonchev–Trinajstić information content (AvgIpc) is 2.32. The number of amides is 1. The summed E-state index contributed by atoms with van der Waals surface area (Å²) < 4.78 is 0.936. The van der Waals surface area contributed by atoms with Crippen molar-refractivity contribution in [3.05, 3.63) is 32.9 Å². The minimum atomic E-state index is -0.149. The Kier molecular flexibility index (Phi) is 5.20. The molecule has 0 atom stereocenters. The number of carbonyl (C=O) groups is 1. The first-order valence-corrected chi connectivity index (χ1v) is 6.14. The summed E-state index contributed by atoms with van der Waals surface area (Å²) in [5.74, 6) is -0.0481. The zero-order valence-electron chi connectivity index (χ0n) is 9.40. The van der Waals surface area contributed by atoms with Crippen molar-refractivity contribution >= 4 is 34.3 Å². The van der Waals surface area contributed by atoms with Crippen molar-refractivity contribution in [1.29, 1.82) is 0 Å². The second-order valence-corrected chi connectivity index (χ2v) is 4.61. The lowest BCUT2D eigenvalue weighted by atomic mass is 10.1. The second-order valence-electron chi connectivity index (χ2n) is 3.53. The maximum Gasteiger partial charge on any atom is 0.252 e. The molecular weight excluding hydrogens is 333 g/mol. The highest BCUT2D eigenvalue weighted by Crippen LogP contribution is 2.16. The van der Waals surface area contributed by atoms with Gasteiger partial charge in [-0.15, -0.1) is 0 Å². The zero-order chi connectivity index (χ0) is 12.8. The molecule has 0 aliphatic rings. The summed E-state index contributed by atoms with van der Waals surface area (Å²) in [5, 5.41) is 13.9. The maximum atomic E-state index is 11.8. The van der Waals surface area contributed by atoms with Gasteiger partial charge in [-0.3, -0.25) is 4.79 Å². The first-order chi connectivity index (χ1) is 8.06. The predicted molar refractivity (Wildman–Crippen MR) is 74.3 cm³/mol. The molecule has 0 spiro atoms. The molecule has 0 aromatic heterocycles. The average molecular weight is 347 g/mol. The number of benzene rings is 1. The van der Waals surface area contributed by atoms with Crippen molar-refractivity contribution in [2.45, 2.75) is 13.3 Å². The third-order valence-corrected chi connectivity index (χ3v) is 3.66. The van der Waals surface area contributed by atoms with Crippen LogP contribution in [0.4, 0.5) is 0 Å². The largest absolute Gasteiger partial charge is 0.409 e. The summed E-state index contributed by atoms with van der Waals surface area (Å²) in [6.07, 6.45) is 0.324. The van der Waals surface area contributed by atoms with Crippen molar-refractivity contribution in [3.8, 4) is 0 Å². The summed E-state index contributed by atoms with van der Waals surface area (Å²) in [6.45, 7) is 2.30. The Morgan fingerprint density at radius 1 is 1.59 bits per heavy atom. The van der Waals surface area contributed by atoms with E-state index in [0.717, 1.165) is 9.13 Å². The first kappa shape index (κ1) is 13.8. The van der Waals surface area contributed by atoms with Crippen molar-refractivity contribution < 1.29 is 10.0 Å². The van der Waals surface area contributed by atoms with Gasteiger partial charge in [0.05, 0.1) is 5.56 Å². The highest BCUT2D eigenvalue weighted by molar-refractivity contribution is 14.1. The van der Waals surface area contributed by atoms with E-state index in [1.54, 1.807) is 6.07 Å². The van der Waals surface area contributed by atoms with Gasteiger partial charge in [-0.2, -0.15) is 0 Å². The van der Waals surface area contributed by atoms with Crippen molar-refractivity contribution in [2.75, 3.05) is 6.54 Å². The number of aryl methyl sites for hydroxylation is 1. The standard InChI is InChI=1S/C11H14IN3O2/c1-7-3-2-4-8(10(7)12)11(16)14-6-5-9(13)15-17/h2-4,17H,5-6H2,1H3,(H2,13,15)(H,14,16). The Morgan fingerprint density at radius 3 is 2.94 bits per heavy atom. The first-order valence-electron chi connectivity index (χ1n) is 5.06. The molecule has 17 heavy (non-hydrogen) atoms. The van der Waals surface area contributed by atoms with Gasteiger partial charge in [0.1, 0.15) is 5.84 Å². The Morgan fingerprint density at radius 2 is 2.29 bits per heavy atom. The minimum absolute atomic E-state index is 0.101. The lowest BCUT2D eigenvalue weighted by molar-refractivity contribution is 0.0953. The summed E-state index contributed by atoms with van der Waals surface area (Å²) >= 11 is 2.14. The van der Waals surface area contributed by atoms with E-state index in [1.807, 2.05) is 19.1 Å². The van der Waals surface area contributed by atoms with E-state index in [-0.39, 0.29) is 11.7 Å². The molecule has 0 aliphatic heterocycles. The SMILES string of the molecule is Cc1cccc(C(=O)NCC/C(N)=N/O)c1I. The minimum Gasteiger partial charge on any atom is -0.409 e. The normalized spacial score (nSPS) is 11.3. The molecule has 92 valence electrons. The molecule has 1 aromatic rings. The van der Waals surface area contributed by atoms with Crippen LogP contribution in [-0.4, -0.2) is 23.5 Å². The van der Waals surface area contributed by atoms with Crippen LogP contribution in [0.1, 0.15) is 22.3 Å². The van der Waals surface area contributed by atoms with Gasteiger partial charge in [0, 0.05) is 16.5 Å². The van der Waals surface area contributed by atoms with E-state index < -0.39 is 0 Å². The Labute approximate surface area is 113 Å². The van der Waals surface area contributed by atoms with Gasteiger partial charge < -0.3 is 16.3 Å². The maximum absolute atomic E-state index is 11.8. The topological polar surface area (TPSA) is 87.7 Å². The Hall–Kier alpha value is -1.31. The third-order valence-electron chi connectivity index (χ3n) is 2.23. The molecule has 0 saturated carbocycles. The van der Waals surface area contributed by atoms with Crippen LogP contribution in [-0.2, 0) is 0 Å². The lowest BCUT2D eigenvalue weighted by Crippen LogP contribution is -2.28. The lowest BCUT2D eigenvalue weighted by Gasteiger charge is -2.07. The highest BCUT2D eigenvalue weighted by Gasteiger charge is 2.10. The van der Waals surface area contributed by atoms with Crippen molar-refractivity contribution in [2.24, 2.45) is 10.9 Å². The highest BCUT2D eigenvalue weighted by atomic mass is 127. The molecule has 1 aromatic carbocycles. The number of nitrogens with one attached hydrogen (secondary N) is 1. The summed E-state index contributed by atoms with van der Waals surface area (Å²) in [7, 11) is 0. The molecule has 1 amide bonds. The molecule has 5 nitrogen and oxygen atoms in total. The molecule has 0 heterocycles. The fraction of sp³-hybridized carbons (Fsp3) is 0.273.